The van der Waals surface area contributed by atoms with E-state index in [1.54, 1.807) is 6.07 Å². The molecule has 0 bridgehead atoms. The number of piperidine rings is 1. The lowest BCUT2D eigenvalue weighted by molar-refractivity contribution is -0.123. The fraction of sp³-hybridized carbons (Fsp3) is 0.417. The second-order valence-corrected chi connectivity index (χ2v) is 7.92. The van der Waals surface area contributed by atoms with Gasteiger partial charge in [0, 0.05) is 12.1 Å². The minimum Gasteiger partial charge on any atom is -0.508 e. The molecule has 0 aromatic heterocycles. The molecule has 2 aromatic rings. The van der Waals surface area contributed by atoms with Crippen LogP contribution >= 0.6 is 0 Å². The minimum absolute atomic E-state index is 0.0989. The Morgan fingerprint density at radius 2 is 1.83 bits per heavy atom. The van der Waals surface area contributed by atoms with Gasteiger partial charge in [0.1, 0.15) is 11.5 Å². The summed E-state index contributed by atoms with van der Waals surface area (Å²) in [6, 6.07) is 11.3. The van der Waals surface area contributed by atoms with Crippen molar-refractivity contribution in [3.8, 4) is 11.5 Å². The predicted octanol–water partition coefficient (Wildman–Crippen LogP) is 3.91. The van der Waals surface area contributed by atoms with Crippen LogP contribution in [0.2, 0.25) is 0 Å². The molecule has 0 spiro atoms. The number of ether oxygens (including phenoxy) is 1. The topological polar surface area (TPSA) is 74.2 Å². The maximum Gasteiger partial charge on any atom is 0.277 e. The van der Waals surface area contributed by atoms with Gasteiger partial charge in [0.15, 0.2) is 6.61 Å². The Hall–Kier alpha value is -2.86. The molecular formula is C24H31N3O3. The van der Waals surface area contributed by atoms with Crippen molar-refractivity contribution in [2.75, 3.05) is 19.7 Å². The summed E-state index contributed by atoms with van der Waals surface area (Å²) in [5.41, 5.74) is 6.97. The maximum absolute atomic E-state index is 12.2. The summed E-state index contributed by atoms with van der Waals surface area (Å²) in [6.45, 7) is 8.49. The van der Waals surface area contributed by atoms with Gasteiger partial charge in [-0.05, 0) is 81.6 Å². The fourth-order valence-electron chi connectivity index (χ4n) is 3.70. The average Bonchev–Trinajstić information content (AvgIpc) is 2.74. The lowest BCUT2D eigenvalue weighted by Crippen LogP contribution is -2.29. The zero-order valence-corrected chi connectivity index (χ0v) is 18.1. The van der Waals surface area contributed by atoms with E-state index >= 15 is 0 Å². The van der Waals surface area contributed by atoms with E-state index < -0.39 is 0 Å². The highest BCUT2D eigenvalue weighted by Gasteiger charge is 2.14. The molecule has 2 N–H and O–H groups in total. The average molecular weight is 410 g/mol. The normalized spacial score (nSPS) is 15.1. The molecule has 1 aliphatic rings. The van der Waals surface area contributed by atoms with Crippen LogP contribution in [-0.2, 0) is 11.3 Å². The summed E-state index contributed by atoms with van der Waals surface area (Å²) < 4.78 is 5.67. The number of carbonyl (C=O) groups excluding carboxylic acids is 1. The summed E-state index contributed by atoms with van der Waals surface area (Å²) in [4.78, 5) is 14.5. The van der Waals surface area contributed by atoms with Crippen molar-refractivity contribution in [1.82, 2.24) is 10.3 Å². The van der Waals surface area contributed by atoms with Crippen LogP contribution in [-0.4, -0.2) is 41.3 Å². The lowest BCUT2D eigenvalue weighted by atomic mass is 10.0. The molecule has 6 heteroatoms. The Bertz CT molecular complexity index is 898. The SMILES string of the molecule is C/C(=N\NC(=O)COc1c(C)cccc1C)c1ccc(O)c(CN2CCCCC2)c1. The Morgan fingerprint density at radius 3 is 2.53 bits per heavy atom. The van der Waals surface area contributed by atoms with Gasteiger partial charge in [0.2, 0.25) is 0 Å². The van der Waals surface area contributed by atoms with Crippen LogP contribution in [0.15, 0.2) is 41.5 Å². The first-order chi connectivity index (χ1) is 14.4. The van der Waals surface area contributed by atoms with Crippen molar-refractivity contribution in [3.05, 3.63) is 58.7 Å². The number of benzene rings is 2. The highest BCUT2D eigenvalue weighted by atomic mass is 16.5. The summed E-state index contributed by atoms with van der Waals surface area (Å²) in [7, 11) is 0. The number of nitrogens with one attached hydrogen (secondary N) is 1. The molecule has 2 aromatic carbocycles. The van der Waals surface area contributed by atoms with Crippen LogP contribution in [0.1, 0.15) is 48.4 Å². The van der Waals surface area contributed by atoms with Gasteiger partial charge < -0.3 is 9.84 Å². The molecule has 1 amide bonds. The second-order valence-electron chi connectivity index (χ2n) is 7.92. The summed E-state index contributed by atoms with van der Waals surface area (Å²) >= 11 is 0. The van der Waals surface area contributed by atoms with E-state index in [0.29, 0.717) is 11.5 Å². The third kappa shape index (κ3) is 5.83. The minimum atomic E-state index is -0.315. The Labute approximate surface area is 178 Å². The van der Waals surface area contributed by atoms with E-state index in [4.69, 9.17) is 4.74 Å². The van der Waals surface area contributed by atoms with Gasteiger partial charge in [-0.25, -0.2) is 5.43 Å². The second kappa shape index (κ2) is 10.3. The van der Waals surface area contributed by atoms with Gasteiger partial charge in [0.05, 0.1) is 5.71 Å². The van der Waals surface area contributed by atoms with Gasteiger partial charge in [-0.1, -0.05) is 24.6 Å². The largest absolute Gasteiger partial charge is 0.508 e. The van der Waals surface area contributed by atoms with E-state index in [2.05, 4.69) is 15.4 Å². The predicted molar refractivity (Wildman–Crippen MR) is 119 cm³/mol. The number of hydrazone groups is 1. The smallest absolute Gasteiger partial charge is 0.277 e. The number of nitrogens with zero attached hydrogens (tertiary/aromatic N) is 2. The van der Waals surface area contributed by atoms with Crippen molar-refractivity contribution in [3.63, 3.8) is 0 Å². The van der Waals surface area contributed by atoms with Gasteiger partial charge in [-0.2, -0.15) is 5.10 Å². The number of aromatic hydroxyl groups is 1. The molecule has 3 rings (SSSR count). The van der Waals surface area contributed by atoms with Crippen molar-refractivity contribution in [2.24, 2.45) is 5.10 Å². The van der Waals surface area contributed by atoms with Crippen molar-refractivity contribution in [1.29, 1.82) is 0 Å². The first kappa shape index (κ1) is 21.8. The molecule has 160 valence electrons. The van der Waals surface area contributed by atoms with Crippen LogP contribution in [0.3, 0.4) is 0 Å². The molecule has 6 nitrogen and oxygen atoms in total. The molecule has 0 radical (unpaired) electrons. The zero-order valence-electron chi connectivity index (χ0n) is 18.1. The first-order valence-corrected chi connectivity index (χ1v) is 10.5. The summed E-state index contributed by atoms with van der Waals surface area (Å²) in [5.74, 6) is 0.710. The van der Waals surface area contributed by atoms with E-state index in [0.717, 1.165) is 47.6 Å². The molecule has 1 aliphatic heterocycles. The summed E-state index contributed by atoms with van der Waals surface area (Å²) in [6.07, 6.45) is 3.69. The monoisotopic (exact) mass is 409 g/mol. The fourth-order valence-corrected chi connectivity index (χ4v) is 3.70. The van der Waals surface area contributed by atoms with Crippen molar-refractivity contribution < 1.29 is 14.6 Å². The Morgan fingerprint density at radius 1 is 1.13 bits per heavy atom. The van der Waals surface area contributed by atoms with Crippen LogP contribution in [0, 0.1) is 13.8 Å². The first-order valence-electron chi connectivity index (χ1n) is 10.5. The number of likely N-dealkylation sites (tertiary alicyclic amines) is 1. The zero-order chi connectivity index (χ0) is 21.5. The van der Waals surface area contributed by atoms with Gasteiger partial charge in [-0.3, -0.25) is 9.69 Å². The van der Waals surface area contributed by atoms with Gasteiger partial charge in [0.25, 0.3) is 5.91 Å². The number of phenolic OH excluding ortho intramolecular Hbond substituents is 1. The molecule has 1 saturated heterocycles. The number of phenols is 1. The standard InChI is InChI=1S/C24H31N3O3/c1-17-8-7-9-18(2)24(17)30-16-23(29)26-25-19(3)20-10-11-22(28)21(14-20)15-27-12-5-4-6-13-27/h7-11,14,28H,4-6,12-13,15-16H2,1-3H3,(H,26,29)/b25-19+. The van der Waals surface area contributed by atoms with Crippen molar-refractivity contribution in [2.45, 2.75) is 46.6 Å². The summed E-state index contributed by atoms with van der Waals surface area (Å²) in [5, 5.41) is 14.4. The van der Waals surface area contributed by atoms with E-state index in [9.17, 15) is 9.90 Å². The maximum atomic E-state index is 12.2. The van der Waals surface area contributed by atoms with Crippen LogP contribution in [0.25, 0.3) is 0 Å². The van der Waals surface area contributed by atoms with Gasteiger partial charge in [-0.15, -0.1) is 0 Å². The highest BCUT2D eigenvalue weighted by Crippen LogP contribution is 2.23. The molecule has 0 atom stereocenters. The third-order valence-electron chi connectivity index (χ3n) is 5.44. The number of hydrogen-bond acceptors (Lipinski definition) is 5. The molecule has 1 fully saturated rings. The number of carbonyl (C=O) groups is 1. The highest BCUT2D eigenvalue weighted by molar-refractivity contribution is 5.99. The molecule has 0 saturated carbocycles. The van der Waals surface area contributed by atoms with Crippen LogP contribution < -0.4 is 10.2 Å². The number of aryl methyl sites for hydroxylation is 2. The number of amides is 1. The van der Waals surface area contributed by atoms with Crippen LogP contribution in [0.5, 0.6) is 11.5 Å². The quantitative estimate of drug-likeness (QED) is 0.537. The van der Waals surface area contributed by atoms with Crippen molar-refractivity contribution >= 4 is 11.6 Å². The Kier molecular flexibility index (Phi) is 7.46. The van der Waals surface area contributed by atoms with E-state index in [1.165, 1.54) is 19.3 Å². The molecular weight excluding hydrogens is 378 g/mol. The Balaban J connectivity index is 1.59. The van der Waals surface area contributed by atoms with Crippen LogP contribution in [0.4, 0.5) is 0 Å². The molecule has 0 aliphatic carbocycles. The van der Waals surface area contributed by atoms with E-state index in [-0.39, 0.29) is 12.5 Å². The number of rotatable bonds is 7. The lowest BCUT2D eigenvalue weighted by Gasteiger charge is -2.26. The van der Waals surface area contributed by atoms with Gasteiger partial charge >= 0.3 is 0 Å². The number of para-hydroxylation sites is 1. The molecule has 1 heterocycles. The molecule has 30 heavy (non-hydrogen) atoms. The molecule has 0 unspecified atom stereocenters. The number of hydrogen-bond donors (Lipinski definition) is 2. The van der Waals surface area contributed by atoms with E-state index in [1.807, 2.05) is 51.1 Å². The third-order valence-corrected chi connectivity index (χ3v) is 5.44.